The third kappa shape index (κ3) is 4.93. The van der Waals surface area contributed by atoms with E-state index in [1.807, 2.05) is 32.9 Å². The highest BCUT2D eigenvalue weighted by Crippen LogP contribution is 2.13. The van der Waals surface area contributed by atoms with Crippen LogP contribution in [0.5, 0.6) is 0 Å². The predicted molar refractivity (Wildman–Crippen MR) is 78.4 cm³/mol. The molecule has 0 spiro atoms. The predicted octanol–water partition coefficient (Wildman–Crippen LogP) is 1.90. The third-order valence-electron chi connectivity index (χ3n) is 3.00. The van der Waals surface area contributed by atoms with Crippen molar-refractivity contribution in [3.63, 3.8) is 0 Å². The van der Waals surface area contributed by atoms with E-state index in [1.54, 1.807) is 12.1 Å². The van der Waals surface area contributed by atoms with Gasteiger partial charge in [0.25, 0.3) is 0 Å². The standard InChI is InChI=1S/C14H24N2O2S/c1-4-12-5-7-14(8-6-12)19(17,18)16-13(10-15)9-11(2)3/h5-8,11,13,16H,4,9-10,15H2,1-3H3. The number of hydrogen-bond donors (Lipinski definition) is 2. The molecule has 0 aromatic heterocycles. The van der Waals surface area contributed by atoms with E-state index in [4.69, 9.17) is 5.73 Å². The normalized spacial score (nSPS) is 13.7. The lowest BCUT2D eigenvalue weighted by atomic mass is 10.1. The second-order valence-electron chi connectivity index (χ2n) is 5.18. The second-order valence-corrected chi connectivity index (χ2v) is 6.89. The molecule has 1 aromatic carbocycles. The number of rotatable bonds is 7. The van der Waals surface area contributed by atoms with Gasteiger partial charge in [-0.25, -0.2) is 13.1 Å². The fraction of sp³-hybridized carbons (Fsp3) is 0.571. The van der Waals surface area contributed by atoms with E-state index in [9.17, 15) is 8.42 Å². The Labute approximate surface area is 116 Å². The number of aryl methyl sites for hydroxylation is 1. The second kappa shape index (κ2) is 7.03. The lowest BCUT2D eigenvalue weighted by molar-refractivity contribution is 0.465. The van der Waals surface area contributed by atoms with Crippen LogP contribution < -0.4 is 10.5 Å². The average molecular weight is 284 g/mol. The van der Waals surface area contributed by atoms with Gasteiger partial charge in [-0.15, -0.1) is 0 Å². The Morgan fingerprint density at radius 3 is 2.21 bits per heavy atom. The van der Waals surface area contributed by atoms with E-state index < -0.39 is 10.0 Å². The lowest BCUT2D eigenvalue weighted by Crippen LogP contribution is -2.40. The van der Waals surface area contributed by atoms with Gasteiger partial charge >= 0.3 is 0 Å². The van der Waals surface area contributed by atoms with E-state index >= 15 is 0 Å². The van der Waals surface area contributed by atoms with Crippen LogP contribution in [-0.2, 0) is 16.4 Å². The van der Waals surface area contributed by atoms with E-state index in [0.29, 0.717) is 17.4 Å². The molecule has 0 fully saturated rings. The number of benzene rings is 1. The Kier molecular flexibility index (Phi) is 5.97. The molecule has 0 amide bonds. The molecule has 108 valence electrons. The highest BCUT2D eigenvalue weighted by molar-refractivity contribution is 7.89. The third-order valence-corrected chi connectivity index (χ3v) is 4.54. The first kappa shape index (κ1) is 16.1. The number of nitrogens with two attached hydrogens (primary N) is 1. The molecule has 0 aliphatic carbocycles. The summed E-state index contributed by atoms with van der Waals surface area (Å²) in [5.74, 6) is 0.402. The van der Waals surface area contributed by atoms with Gasteiger partial charge in [0.15, 0.2) is 0 Å². The molecule has 1 atom stereocenters. The molecule has 1 unspecified atom stereocenters. The molecule has 5 heteroatoms. The topological polar surface area (TPSA) is 72.2 Å². The molecule has 19 heavy (non-hydrogen) atoms. The smallest absolute Gasteiger partial charge is 0.240 e. The summed E-state index contributed by atoms with van der Waals surface area (Å²) in [6.45, 7) is 6.44. The first-order valence-electron chi connectivity index (χ1n) is 6.70. The summed E-state index contributed by atoms with van der Waals surface area (Å²) in [7, 11) is -3.47. The Morgan fingerprint density at radius 1 is 1.21 bits per heavy atom. The molecule has 4 nitrogen and oxygen atoms in total. The number of sulfonamides is 1. The van der Waals surface area contributed by atoms with Crippen LogP contribution in [0.15, 0.2) is 29.2 Å². The molecule has 3 N–H and O–H groups in total. The van der Waals surface area contributed by atoms with Gasteiger partial charge in [-0.2, -0.15) is 0 Å². The number of hydrogen-bond acceptors (Lipinski definition) is 3. The Bertz CT molecular complexity index is 481. The molecule has 0 radical (unpaired) electrons. The van der Waals surface area contributed by atoms with Gasteiger partial charge in [0.1, 0.15) is 0 Å². The molecule has 0 saturated carbocycles. The van der Waals surface area contributed by atoms with Crippen molar-refractivity contribution >= 4 is 10.0 Å². The minimum absolute atomic E-state index is 0.212. The quantitative estimate of drug-likeness (QED) is 0.803. The average Bonchev–Trinajstić information content (AvgIpc) is 2.37. The zero-order chi connectivity index (χ0) is 14.5. The molecule has 1 rings (SSSR count). The van der Waals surface area contributed by atoms with Crippen molar-refractivity contribution in [1.82, 2.24) is 4.72 Å². The van der Waals surface area contributed by atoms with E-state index in [2.05, 4.69) is 4.72 Å². The molecule has 0 saturated heterocycles. The van der Waals surface area contributed by atoms with Crippen molar-refractivity contribution in [2.75, 3.05) is 6.54 Å². The monoisotopic (exact) mass is 284 g/mol. The lowest BCUT2D eigenvalue weighted by Gasteiger charge is -2.18. The Balaban J connectivity index is 2.84. The van der Waals surface area contributed by atoms with Gasteiger partial charge in [0.2, 0.25) is 10.0 Å². The van der Waals surface area contributed by atoms with E-state index in [1.165, 1.54) is 0 Å². The summed E-state index contributed by atoms with van der Waals surface area (Å²) in [5, 5.41) is 0. The highest BCUT2D eigenvalue weighted by Gasteiger charge is 2.19. The van der Waals surface area contributed by atoms with E-state index in [-0.39, 0.29) is 6.04 Å². The minimum atomic E-state index is -3.47. The van der Waals surface area contributed by atoms with Crippen molar-refractivity contribution in [3.05, 3.63) is 29.8 Å². The van der Waals surface area contributed by atoms with Crippen LogP contribution in [0, 0.1) is 5.92 Å². The van der Waals surface area contributed by atoms with Gasteiger partial charge in [0.05, 0.1) is 4.90 Å². The van der Waals surface area contributed by atoms with Crippen molar-refractivity contribution in [2.45, 2.75) is 44.6 Å². The summed E-state index contributed by atoms with van der Waals surface area (Å²) in [6, 6.07) is 6.76. The van der Waals surface area contributed by atoms with Crippen molar-refractivity contribution in [3.8, 4) is 0 Å². The van der Waals surface area contributed by atoms with Gasteiger partial charge in [-0.3, -0.25) is 0 Å². The molecular formula is C14H24N2O2S. The van der Waals surface area contributed by atoms with Crippen LogP contribution in [0.1, 0.15) is 32.8 Å². The van der Waals surface area contributed by atoms with Gasteiger partial charge in [0, 0.05) is 12.6 Å². The van der Waals surface area contributed by atoms with Crippen LogP contribution in [0.25, 0.3) is 0 Å². The van der Waals surface area contributed by atoms with Gasteiger partial charge < -0.3 is 5.73 Å². The Morgan fingerprint density at radius 2 is 1.79 bits per heavy atom. The maximum Gasteiger partial charge on any atom is 0.240 e. The van der Waals surface area contributed by atoms with Crippen molar-refractivity contribution < 1.29 is 8.42 Å². The van der Waals surface area contributed by atoms with Gasteiger partial charge in [-0.1, -0.05) is 32.9 Å². The molecular weight excluding hydrogens is 260 g/mol. The number of nitrogens with one attached hydrogen (secondary N) is 1. The van der Waals surface area contributed by atoms with Crippen LogP contribution in [0.4, 0.5) is 0 Å². The zero-order valence-electron chi connectivity index (χ0n) is 11.9. The molecule has 0 bridgehead atoms. The van der Waals surface area contributed by atoms with E-state index in [0.717, 1.165) is 18.4 Å². The maximum atomic E-state index is 12.2. The first-order chi connectivity index (χ1) is 8.89. The van der Waals surface area contributed by atoms with Crippen molar-refractivity contribution in [2.24, 2.45) is 11.7 Å². The summed E-state index contributed by atoms with van der Waals surface area (Å²) >= 11 is 0. The first-order valence-corrected chi connectivity index (χ1v) is 8.18. The zero-order valence-corrected chi connectivity index (χ0v) is 12.7. The largest absolute Gasteiger partial charge is 0.329 e. The molecule has 0 aliphatic rings. The maximum absolute atomic E-state index is 12.2. The highest BCUT2D eigenvalue weighted by atomic mass is 32.2. The summed E-state index contributed by atoms with van der Waals surface area (Å²) in [4.78, 5) is 0.298. The molecule has 1 aromatic rings. The Hall–Kier alpha value is -0.910. The summed E-state index contributed by atoms with van der Waals surface area (Å²) < 4.78 is 27.1. The van der Waals surface area contributed by atoms with Crippen LogP contribution in [0.3, 0.4) is 0 Å². The van der Waals surface area contributed by atoms with Crippen LogP contribution in [0.2, 0.25) is 0 Å². The SMILES string of the molecule is CCc1ccc(S(=O)(=O)NC(CN)CC(C)C)cc1. The minimum Gasteiger partial charge on any atom is -0.329 e. The fourth-order valence-electron chi connectivity index (χ4n) is 1.95. The summed E-state index contributed by atoms with van der Waals surface area (Å²) in [6.07, 6.45) is 1.63. The summed E-state index contributed by atoms with van der Waals surface area (Å²) in [5.41, 5.74) is 6.75. The van der Waals surface area contributed by atoms with Gasteiger partial charge in [-0.05, 0) is 36.5 Å². The van der Waals surface area contributed by atoms with Crippen LogP contribution in [-0.4, -0.2) is 21.0 Å². The molecule has 0 heterocycles. The van der Waals surface area contributed by atoms with Crippen LogP contribution >= 0.6 is 0 Å². The molecule has 0 aliphatic heterocycles. The fourth-order valence-corrected chi connectivity index (χ4v) is 3.22. The van der Waals surface area contributed by atoms with Crippen molar-refractivity contribution in [1.29, 1.82) is 0 Å².